The van der Waals surface area contributed by atoms with Crippen molar-refractivity contribution < 1.29 is 15.1 Å². The Morgan fingerprint density at radius 2 is 1.63 bits per heavy atom. The molecule has 5 nitrogen and oxygen atoms in total. The van der Waals surface area contributed by atoms with Gasteiger partial charge in [0, 0.05) is 5.56 Å². The normalized spacial score (nSPS) is 10.5. The maximum Gasteiger partial charge on any atom is 0.252 e. The Balaban J connectivity index is 2.06. The second kappa shape index (κ2) is 5.68. The summed E-state index contributed by atoms with van der Waals surface area (Å²) in [6.07, 6.45) is 1.30. The van der Waals surface area contributed by atoms with E-state index in [1.165, 1.54) is 18.3 Å². The maximum absolute atomic E-state index is 9.53. The van der Waals surface area contributed by atoms with Crippen LogP contribution in [-0.4, -0.2) is 22.3 Å². The Hall–Kier alpha value is -2.82. The van der Waals surface area contributed by atoms with E-state index < -0.39 is 0 Å². The highest BCUT2D eigenvalue weighted by Crippen LogP contribution is 2.17. The van der Waals surface area contributed by atoms with Crippen LogP contribution < -0.4 is 0 Å². The van der Waals surface area contributed by atoms with Crippen molar-refractivity contribution in [3.63, 3.8) is 0 Å². The summed E-state index contributed by atoms with van der Waals surface area (Å²) in [5, 5.41) is 30.3. The van der Waals surface area contributed by atoms with Crippen LogP contribution >= 0.6 is 0 Å². The van der Waals surface area contributed by atoms with Crippen molar-refractivity contribution in [2.75, 3.05) is 0 Å². The molecule has 0 saturated heterocycles. The number of aromatic hydroxyl groups is 2. The van der Waals surface area contributed by atoms with Crippen molar-refractivity contribution in [3.05, 3.63) is 59.7 Å². The third-order valence-corrected chi connectivity index (χ3v) is 2.42. The molecule has 0 atom stereocenters. The second-order valence-electron chi connectivity index (χ2n) is 3.73. The van der Waals surface area contributed by atoms with Gasteiger partial charge in [-0.15, -0.1) is 0 Å². The summed E-state index contributed by atoms with van der Waals surface area (Å²) >= 11 is 0. The lowest BCUT2D eigenvalue weighted by molar-refractivity contribution is 0.326. The van der Waals surface area contributed by atoms with Gasteiger partial charge in [0.15, 0.2) is 0 Å². The minimum Gasteiger partial charge on any atom is -0.507 e. The number of hydrogen-bond acceptors (Lipinski definition) is 5. The highest BCUT2D eigenvalue weighted by atomic mass is 16.6. The fourth-order valence-electron chi connectivity index (χ4n) is 1.45. The predicted molar refractivity (Wildman–Crippen MR) is 71.7 cm³/mol. The lowest BCUT2D eigenvalue weighted by Crippen LogP contribution is -2.01. The molecule has 0 bridgehead atoms. The number of nitrogens with zero attached hydrogens (tertiary/aromatic N) is 1. The lowest BCUT2D eigenvalue weighted by Gasteiger charge is -2.03. The van der Waals surface area contributed by atoms with E-state index in [4.69, 9.17) is 10.2 Å². The molecule has 19 heavy (non-hydrogen) atoms. The molecule has 3 N–H and O–H groups in total. The fraction of sp³-hybridized carbons (Fsp3) is 0. The molecule has 0 unspecified atom stereocenters. The Morgan fingerprint density at radius 3 is 2.32 bits per heavy atom. The Kier molecular flexibility index (Phi) is 3.78. The van der Waals surface area contributed by atoms with Crippen molar-refractivity contribution in [1.82, 2.24) is 0 Å². The van der Waals surface area contributed by atoms with Crippen LogP contribution in [0.3, 0.4) is 0 Å². The number of hydrogen-bond donors (Lipinski definition) is 3. The van der Waals surface area contributed by atoms with E-state index in [2.05, 4.69) is 5.16 Å². The highest BCUT2D eigenvalue weighted by molar-refractivity contribution is 5.94. The molecule has 0 aliphatic heterocycles. The first-order chi connectivity index (χ1) is 9.18. The summed E-state index contributed by atoms with van der Waals surface area (Å²) in [6.45, 7) is 0. The number of benzene rings is 2. The molecule has 0 amide bonds. The largest absolute Gasteiger partial charge is 0.507 e. The first-order valence-electron chi connectivity index (χ1n) is 5.54. The molecule has 0 aliphatic carbocycles. The van der Waals surface area contributed by atoms with Crippen LogP contribution in [0.25, 0.3) is 0 Å². The molecule has 0 fully saturated rings. The quantitative estimate of drug-likeness (QED) is 0.448. The van der Waals surface area contributed by atoms with Gasteiger partial charge < -0.3 is 15.1 Å². The van der Waals surface area contributed by atoms with Gasteiger partial charge >= 0.3 is 0 Å². The molecular formula is C14H12N2O3. The molecule has 0 spiro atoms. The summed E-state index contributed by atoms with van der Waals surface area (Å²) in [6, 6.07) is 13.0. The molecule has 2 aromatic rings. The highest BCUT2D eigenvalue weighted by Gasteiger charge is 2.07. The van der Waals surface area contributed by atoms with Gasteiger partial charge in [0.25, 0.3) is 5.90 Å². The van der Waals surface area contributed by atoms with Gasteiger partial charge in [0.05, 0.1) is 11.8 Å². The van der Waals surface area contributed by atoms with Gasteiger partial charge in [-0.25, -0.2) is 0 Å². The van der Waals surface area contributed by atoms with Crippen molar-refractivity contribution in [1.29, 1.82) is 5.41 Å². The SMILES string of the molecule is N=C(O/N=C/c1ccccc1O)c1ccccc1O. The van der Waals surface area contributed by atoms with E-state index in [1.54, 1.807) is 36.4 Å². The number of oxime groups is 1. The first kappa shape index (κ1) is 12.6. The number of nitrogens with one attached hydrogen (secondary N) is 1. The summed E-state index contributed by atoms with van der Waals surface area (Å²) < 4.78 is 0. The number of phenols is 2. The van der Waals surface area contributed by atoms with Gasteiger partial charge in [-0.1, -0.05) is 29.4 Å². The monoisotopic (exact) mass is 256 g/mol. The van der Waals surface area contributed by atoms with Crippen LogP contribution in [-0.2, 0) is 4.84 Å². The van der Waals surface area contributed by atoms with Gasteiger partial charge in [-0.3, -0.25) is 5.41 Å². The lowest BCUT2D eigenvalue weighted by atomic mass is 10.2. The van der Waals surface area contributed by atoms with Gasteiger partial charge in [0.2, 0.25) is 0 Å². The maximum atomic E-state index is 9.53. The van der Waals surface area contributed by atoms with Crippen molar-refractivity contribution in [2.24, 2.45) is 5.16 Å². The standard InChI is InChI=1S/C14H12N2O3/c15-14(11-6-2-4-8-13(11)18)19-16-9-10-5-1-3-7-12(10)17/h1-9,15,17-18H/b15-14?,16-9+. The van der Waals surface area contributed by atoms with E-state index in [1.807, 2.05) is 0 Å². The molecule has 96 valence electrons. The Labute approximate surface area is 109 Å². The predicted octanol–water partition coefficient (Wildman–Crippen LogP) is 2.47. The average Bonchev–Trinajstić information content (AvgIpc) is 2.41. The van der Waals surface area contributed by atoms with Crippen LogP contribution in [0.4, 0.5) is 0 Å². The third kappa shape index (κ3) is 3.10. The van der Waals surface area contributed by atoms with E-state index in [-0.39, 0.29) is 23.0 Å². The summed E-state index contributed by atoms with van der Waals surface area (Å²) in [5.41, 5.74) is 0.726. The minimum atomic E-state index is -0.273. The summed E-state index contributed by atoms with van der Waals surface area (Å²) in [4.78, 5) is 4.85. The molecule has 0 aliphatic rings. The van der Waals surface area contributed by atoms with E-state index >= 15 is 0 Å². The van der Waals surface area contributed by atoms with E-state index in [0.717, 1.165) is 0 Å². The molecule has 0 radical (unpaired) electrons. The average molecular weight is 256 g/mol. The molecule has 0 saturated carbocycles. The van der Waals surface area contributed by atoms with Crippen LogP contribution in [0, 0.1) is 5.41 Å². The number of para-hydroxylation sites is 2. The smallest absolute Gasteiger partial charge is 0.252 e. The van der Waals surface area contributed by atoms with Crippen LogP contribution in [0.5, 0.6) is 11.5 Å². The minimum absolute atomic E-state index is 0.0507. The van der Waals surface area contributed by atoms with Gasteiger partial charge in [-0.2, -0.15) is 0 Å². The summed E-state index contributed by atoms with van der Waals surface area (Å²) in [5.74, 6) is -0.251. The molecular weight excluding hydrogens is 244 g/mol. The third-order valence-electron chi connectivity index (χ3n) is 2.42. The first-order valence-corrected chi connectivity index (χ1v) is 5.54. The topological polar surface area (TPSA) is 85.9 Å². The van der Waals surface area contributed by atoms with E-state index in [9.17, 15) is 10.2 Å². The van der Waals surface area contributed by atoms with Crippen LogP contribution in [0.2, 0.25) is 0 Å². The number of rotatable bonds is 3. The van der Waals surface area contributed by atoms with Crippen LogP contribution in [0.1, 0.15) is 11.1 Å². The van der Waals surface area contributed by atoms with Crippen LogP contribution in [0.15, 0.2) is 53.7 Å². The fourth-order valence-corrected chi connectivity index (χ4v) is 1.45. The molecule has 0 heterocycles. The van der Waals surface area contributed by atoms with Gasteiger partial charge in [-0.05, 0) is 24.3 Å². The van der Waals surface area contributed by atoms with Crippen molar-refractivity contribution in [3.8, 4) is 11.5 Å². The zero-order valence-electron chi connectivity index (χ0n) is 9.95. The molecule has 2 rings (SSSR count). The Morgan fingerprint density at radius 1 is 1.00 bits per heavy atom. The molecule has 2 aromatic carbocycles. The zero-order valence-corrected chi connectivity index (χ0v) is 9.95. The number of phenolic OH excluding ortho intramolecular Hbond substituents is 2. The van der Waals surface area contributed by atoms with E-state index in [0.29, 0.717) is 5.56 Å². The van der Waals surface area contributed by atoms with Crippen molar-refractivity contribution in [2.45, 2.75) is 0 Å². The Bertz CT molecular complexity index is 624. The summed E-state index contributed by atoms with van der Waals surface area (Å²) in [7, 11) is 0. The molecule has 5 heteroatoms. The second-order valence-corrected chi connectivity index (χ2v) is 3.73. The molecule has 0 aromatic heterocycles. The van der Waals surface area contributed by atoms with Crippen molar-refractivity contribution >= 4 is 12.1 Å². The van der Waals surface area contributed by atoms with Gasteiger partial charge in [0.1, 0.15) is 11.5 Å². The zero-order chi connectivity index (χ0) is 13.7.